The zero-order valence-electron chi connectivity index (χ0n) is 12.1. The fourth-order valence-corrected chi connectivity index (χ4v) is 4.78. The molecule has 5 heteroatoms. The Hall–Kier alpha value is -0.810. The molecule has 0 spiro atoms. The monoisotopic (exact) mass is 298 g/mol. The van der Waals surface area contributed by atoms with Crippen LogP contribution in [0.25, 0.3) is 0 Å². The molecule has 2 N–H and O–H groups in total. The van der Waals surface area contributed by atoms with Gasteiger partial charge >= 0.3 is 0 Å². The van der Waals surface area contributed by atoms with Gasteiger partial charge in [-0.15, -0.1) is 18.3 Å². The van der Waals surface area contributed by atoms with Crippen LogP contribution in [0.3, 0.4) is 0 Å². The highest BCUT2D eigenvalue weighted by molar-refractivity contribution is 8.15. The van der Waals surface area contributed by atoms with E-state index in [0.717, 1.165) is 25.8 Å². The molecular formula is C15H26N2O2S. The van der Waals surface area contributed by atoms with Gasteiger partial charge in [0.25, 0.3) is 0 Å². The lowest BCUT2D eigenvalue weighted by Gasteiger charge is -2.28. The summed E-state index contributed by atoms with van der Waals surface area (Å²) in [5.41, 5.74) is 0. The Morgan fingerprint density at radius 1 is 1.65 bits per heavy atom. The second kappa shape index (κ2) is 5.90. The lowest BCUT2D eigenvalue weighted by atomic mass is 9.94. The fourth-order valence-electron chi connectivity index (χ4n) is 3.16. The largest absolute Gasteiger partial charge is 0.412 e. The molecule has 3 unspecified atom stereocenters. The summed E-state index contributed by atoms with van der Waals surface area (Å²) in [6.45, 7) is 4.72. The Kier molecular flexibility index (Phi) is 4.59. The zero-order valence-corrected chi connectivity index (χ0v) is 12.9. The first-order valence-corrected chi connectivity index (χ1v) is 8.05. The van der Waals surface area contributed by atoms with Crippen LogP contribution in [0.15, 0.2) is 17.6 Å². The number of carbonyl (C=O) groups is 1. The predicted octanol–water partition coefficient (Wildman–Crippen LogP) is 2.29. The van der Waals surface area contributed by atoms with Gasteiger partial charge in [-0.3, -0.25) is 9.79 Å². The van der Waals surface area contributed by atoms with Crippen LogP contribution in [0.2, 0.25) is 0 Å². The van der Waals surface area contributed by atoms with E-state index in [1.54, 1.807) is 0 Å². The van der Waals surface area contributed by atoms with Crippen molar-refractivity contribution in [3.8, 4) is 0 Å². The number of nitrogens with zero attached hydrogens (tertiary/aromatic N) is 2. The standard InChI is InChI=1S/C15H22N2OS.H2O.H2/c1-3-4-6-15-10-12(15)16-13(19-15)8-11-5-7-17(2)14(18)9-11;;/h3,11-12H,1,4-10H2,2H3;1H2;1H. The molecule has 0 radical (unpaired) electrons. The quantitative estimate of drug-likeness (QED) is 0.731. The number of piperidine rings is 1. The van der Waals surface area contributed by atoms with Crippen LogP contribution in [0.4, 0.5) is 0 Å². The maximum Gasteiger partial charge on any atom is 0.222 e. The third-order valence-corrected chi connectivity index (χ3v) is 6.16. The van der Waals surface area contributed by atoms with Gasteiger partial charge < -0.3 is 10.4 Å². The Morgan fingerprint density at radius 2 is 2.45 bits per heavy atom. The van der Waals surface area contributed by atoms with Crippen LogP contribution in [-0.4, -0.2) is 45.7 Å². The number of thioether (sulfide) groups is 1. The summed E-state index contributed by atoms with van der Waals surface area (Å²) in [4.78, 5) is 18.4. The molecule has 1 saturated heterocycles. The van der Waals surface area contributed by atoms with Gasteiger partial charge in [-0.2, -0.15) is 0 Å². The highest BCUT2D eigenvalue weighted by Gasteiger charge is 2.58. The summed E-state index contributed by atoms with van der Waals surface area (Å²) in [6, 6.07) is 0.564. The van der Waals surface area contributed by atoms with Gasteiger partial charge in [-0.25, -0.2) is 0 Å². The number of amides is 1. The van der Waals surface area contributed by atoms with Crippen molar-refractivity contribution in [2.24, 2.45) is 10.9 Å². The minimum atomic E-state index is 0. The molecule has 20 heavy (non-hydrogen) atoms. The van der Waals surface area contributed by atoms with Crippen LogP contribution in [0.5, 0.6) is 0 Å². The third kappa shape index (κ3) is 2.93. The normalized spacial score (nSPS) is 35.1. The van der Waals surface area contributed by atoms with E-state index in [1.165, 1.54) is 17.9 Å². The zero-order chi connectivity index (χ0) is 13.5. The van der Waals surface area contributed by atoms with E-state index < -0.39 is 0 Å². The van der Waals surface area contributed by atoms with Crippen molar-refractivity contribution in [3.05, 3.63) is 12.7 Å². The number of aliphatic imine (C=N–C) groups is 1. The van der Waals surface area contributed by atoms with E-state index in [0.29, 0.717) is 29.0 Å². The van der Waals surface area contributed by atoms with E-state index in [4.69, 9.17) is 4.99 Å². The smallest absolute Gasteiger partial charge is 0.222 e. The number of likely N-dealkylation sites (tertiary alicyclic amines) is 1. The second-order valence-electron chi connectivity index (χ2n) is 6.12. The number of fused-ring (bicyclic) bond motifs is 1. The molecule has 0 bridgehead atoms. The van der Waals surface area contributed by atoms with Gasteiger partial charge in [0, 0.05) is 26.2 Å². The molecule has 0 aromatic heterocycles. The maximum atomic E-state index is 11.7. The van der Waals surface area contributed by atoms with Gasteiger partial charge in [-0.05, 0) is 38.0 Å². The number of hydrogen-bond donors (Lipinski definition) is 0. The number of rotatable bonds is 5. The summed E-state index contributed by atoms with van der Waals surface area (Å²) in [5.74, 6) is 0.815. The molecule has 4 nitrogen and oxygen atoms in total. The molecule has 0 aromatic rings. The first-order chi connectivity index (χ1) is 9.13. The highest BCUT2D eigenvalue weighted by Crippen LogP contribution is 2.59. The van der Waals surface area contributed by atoms with Gasteiger partial charge in [0.15, 0.2) is 0 Å². The van der Waals surface area contributed by atoms with E-state index in [1.807, 2.05) is 29.8 Å². The minimum Gasteiger partial charge on any atom is -0.412 e. The van der Waals surface area contributed by atoms with Crippen molar-refractivity contribution < 1.29 is 11.7 Å². The maximum absolute atomic E-state index is 11.7. The Morgan fingerprint density at radius 3 is 3.15 bits per heavy atom. The van der Waals surface area contributed by atoms with Crippen LogP contribution < -0.4 is 0 Å². The Balaban J connectivity index is 0.00000110. The molecule has 114 valence electrons. The molecule has 1 aliphatic carbocycles. The van der Waals surface area contributed by atoms with Crippen molar-refractivity contribution >= 4 is 22.7 Å². The summed E-state index contributed by atoms with van der Waals surface area (Å²) in [6.07, 6.45) is 8.44. The molecule has 1 amide bonds. The summed E-state index contributed by atoms with van der Waals surface area (Å²) >= 11 is 2.00. The Bertz CT molecular complexity index is 443. The summed E-state index contributed by atoms with van der Waals surface area (Å²) in [7, 11) is 1.90. The number of hydrogen-bond acceptors (Lipinski definition) is 3. The third-order valence-electron chi connectivity index (χ3n) is 4.60. The average Bonchev–Trinajstić information content (AvgIpc) is 2.94. The molecule has 3 rings (SSSR count). The molecular weight excluding hydrogens is 272 g/mol. The molecule has 3 aliphatic rings. The predicted molar refractivity (Wildman–Crippen MR) is 86.3 cm³/mol. The van der Waals surface area contributed by atoms with Crippen molar-refractivity contribution in [2.75, 3.05) is 13.6 Å². The lowest BCUT2D eigenvalue weighted by molar-refractivity contribution is -0.133. The summed E-state index contributed by atoms with van der Waals surface area (Å²) in [5, 5.41) is 1.31. The van der Waals surface area contributed by atoms with Gasteiger partial charge in [-0.1, -0.05) is 6.08 Å². The highest BCUT2D eigenvalue weighted by atomic mass is 32.2. The van der Waals surface area contributed by atoms with Gasteiger partial charge in [0.1, 0.15) is 0 Å². The molecule has 2 fully saturated rings. The average molecular weight is 298 g/mol. The summed E-state index contributed by atoms with van der Waals surface area (Å²) < 4.78 is 0.416. The second-order valence-corrected chi connectivity index (χ2v) is 7.60. The minimum absolute atomic E-state index is 0. The molecule has 0 aromatic carbocycles. The Labute approximate surface area is 126 Å². The fraction of sp³-hybridized carbons (Fsp3) is 0.733. The SMILES string of the molecule is C=CCCC12CC1N=C(CC1CCN(C)C(=O)C1)S2.O.[HH]. The van der Waals surface area contributed by atoms with Crippen LogP contribution in [0.1, 0.15) is 40.0 Å². The van der Waals surface area contributed by atoms with Crippen molar-refractivity contribution in [1.82, 2.24) is 4.90 Å². The number of allylic oxidation sites excluding steroid dienone is 1. The molecule has 3 atom stereocenters. The lowest BCUT2D eigenvalue weighted by Crippen LogP contribution is -2.36. The first kappa shape index (κ1) is 15.6. The van der Waals surface area contributed by atoms with Gasteiger partial charge in [0.2, 0.25) is 5.91 Å². The van der Waals surface area contributed by atoms with Crippen molar-refractivity contribution in [2.45, 2.75) is 49.3 Å². The van der Waals surface area contributed by atoms with Crippen molar-refractivity contribution in [3.63, 3.8) is 0 Å². The molecule has 1 saturated carbocycles. The first-order valence-electron chi connectivity index (χ1n) is 7.23. The van der Waals surface area contributed by atoms with E-state index >= 15 is 0 Å². The van der Waals surface area contributed by atoms with E-state index in [-0.39, 0.29) is 6.90 Å². The van der Waals surface area contributed by atoms with Crippen LogP contribution in [-0.2, 0) is 4.79 Å². The van der Waals surface area contributed by atoms with Crippen LogP contribution >= 0.6 is 11.8 Å². The van der Waals surface area contributed by atoms with E-state index in [9.17, 15) is 4.79 Å². The van der Waals surface area contributed by atoms with Crippen LogP contribution in [0, 0.1) is 5.92 Å². The van der Waals surface area contributed by atoms with E-state index in [2.05, 4.69) is 6.58 Å². The molecule has 2 aliphatic heterocycles. The van der Waals surface area contributed by atoms with Gasteiger partial charge in [0.05, 0.1) is 11.1 Å². The topological polar surface area (TPSA) is 64.2 Å². The number of carbonyl (C=O) groups excluding carboxylic acids is 1. The van der Waals surface area contributed by atoms with Crippen molar-refractivity contribution in [1.29, 1.82) is 0 Å². The molecule has 2 heterocycles.